The highest BCUT2D eigenvalue weighted by Gasteiger charge is 2.23. The Labute approximate surface area is 97.7 Å². The van der Waals surface area contributed by atoms with Crippen molar-refractivity contribution in [3.8, 4) is 10.8 Å². The van der Waals surface area contributed by atoms with Gasteiger partial charge in [-0.2, -0.15) is 4.98 Å². The van der Waals surface area contributed by atoms with Crippen molar-refractivity contribution in [1.82, 2.24) is 15.1 Å². The lowest BCUT2D eigenvalue weighted by Gasteiger charge is -2.11. The van der Waals surface area contributed by atoms with Crippen molar-refractivity contribution in [3.05, 3.63) is 16.5 Å². The maximum atomic E-state index is 5.89. The van der Waals surface area contributed by atoms with E-state index in [9.17, 15) is 0 Å². The minimum absolute atomic E-state index is 0.497. The van der Waals surface area contributed by atoms with Crippen LogP contribution in [0.1, 0.15) is 30.4 Å². The van der Waals surface area contributed by atoms with E-state index in [1.165, 1.54) is 0 Å². The fraction of sp³-hybridized carbons (Fsp3) is 0.500. The van der Waals surface area contributed by atoms with E-state index in [-0.39, 0.29) is 0 Å². The molecular formula is C10H14N4OS. The number of nitrogens with two attached hydrogens (primary N) is 1. The van der Waals surface area contributed by atoms with E-state index in [0.29, 0.717) is 11.7 Å². The Balaban J connectivity index is 2.43. The third-order valence-electron chi connectivity index (χ3n) is 2.10. The molecule has 0 aliphatic heterocycles. The van der Waals surface area contributed by atoms with E-state index >= 15 is 0 Å². The third kappa shape index (κ3) is 1.98. The highest BCUT2D eigenvalue weighted by molar-refractivity contribution is 7.15. The smallest absolute Gasteiger partial charge is 0.269 e. The molecule has 2 N–H and O–H groups in total. The molecule has 0 saturated heterocycles. The molecular weight excluding hydrogens is 224 g/mol. The number of hydrogen-bond donors (Lipinski definition) is 1. The molecule has 0 aliphatic rings. The maximum absolute atomic E-state index is 5.89. The second-order valence-corrected chi connectivity index (χ2v) is 5.50. The van der Waals surface area contributed by atoms with Crippen LogP contribution in [0.3, 0.4) is 0 Å². The molecule has 0 aliphatic carbocycles. The van der Waals surface area contributed by atoms with Gasteiger partial charge in [-0.25, -0.2) is 4.98 Å². The third-order valence-corrected chi connectivity index (χ3v) is 3.16. The standard InChI is InChI=1S/C10H14N4OS/c1-5-7(16-6(2)12-5)8-13-9(14-15-8)10(3,4)11/h11H2,1-4H3. The van der Waals surface area contributed by atoms with Crippen molar-refractivity contribution in [1.29, 1.82) is 0 Å². The Morgan fingerprint density at radius 3 is 2.38 bits per heavy atom. The summed E-state index contributed by atoms with van der Waals surface area (Å²) in [5.41, 5.74) is 6.22. The minimum atomic E-state index is -0.588. The maximum Gasteiger partial charge on any atom is 0.269 e. The molecule has 2 rings (SSSR count). The molecule has 0 saturated carbocycles. The zero-order valence-electron chi connectivity index (χ0n) is 9.74. The topological polar surface area (TPSA) is 77.8 Å². The first-order valence-electron chi connectivity index (χ1n) is 4.95. The number of nitrogens with zero attached hydrogens (tertiary/aromatic N) is 3. The quantitative estimate of drug-likeness (QED) is 0.865. The Bertz CT molecular complexity index is 509. The average molecular weight is 238 g/mol. The first-order valence-corrected chi connectivity index (χ1v) is 5.77. The highest BCUT2D eigenvalue weighted by Crippen LogP contribution is 2.29. The van der Waals surface area contributed by atoms with Gasteiger partial charge in [0.25, 0.3) is 5.89 Å². The molecule has 0 radical (unpaired) electrons. The van der Waals surface area contributed by atoms with Gasteiger partial charge in [0, 0.05) is 0 Å². The lowest BCUT2D eigenvalue weighted by Crippen LogP contribution is -2.30. The number of hydrogen-bond acceptors (Lipinski definition) is 6. The van der Waals surface area contributed by atoms with Crippen LogP contribution in [-0.2, 0) is 5.54 Å². The van der Waals surface area contributed by atoms with Gasteiger partial charge in [0.15, 0.2) is 5.82 Å². The first-order chi connectivity index (χ1) is 7.38. The molecule has 0 bridgehead atoms. The molecule has 16 heavy (non-hydrogen) atoms. The second kappa shape index (κ2) is 3.64. The predicted molar refractivity (Wildman–Crippen MR) is 62.1 cm³/mol. The summed E-state index contributed by atoms with van der Waals surface area (Å²) in [5, 5.41) is 4.87. The predicted octanol–water partition coefficient (Wildman–Crippen LogP) is 2.00. The van der Waals surface area contributed by atoms with Gasteiger partial charge in [-0.05, 0) is 27.7 Å². The Morgan fingerprint density at radius 1 is 1.25 bits per heavy atom. The largest absolute Gasteiger partial charge is 0.333 e. The summed E-state index contributed by atoms with van der Waals surface area (Å²) in [6.45, 7) is 7.56. The van der Waals surface area contributed by atoms with Crippen molar-refractivity contribution in [2.24, 2.45) is 5.73 Å². The lowest BCUT2D eigenvalue weighted by molar-refractivity contribution is 0.397. The van der Waals surface area contributed by atoms with E-state index in [1.807, 2.05) is 27.7 Å². The molecule has 0 unspecified atom stereocenters. The Kier molecular flexibility index (Phi) is 2.55. The van der Waals surface area contributed by atoms with E-state index in [4.69, 9.17) is 10.3 Å². The van der Waals surface area contributed by atoms with Crippen molar-refractivity contribution in [3.63, 3.8) is 0 Å². The monoisotopic (exact) mass is 238 g/mol. The fourth-order valence-electron chi connectivity index (χ4n) is 1.31. The SMILES string of the molecule is Cc1nc(C)c(-c2nc(C(C)(C)N)no2)s1. The number of aryl methyl sites for hydroxylation is 2. The van der Waals surface area contributed by atoms with Gasteiger partial charge in [-0.15, -0.1) is 11.3 Å². The van der Waals surface area contributed by atoms with Gasteiger partial charge in [-0.1, -0.05) is 5.16 Å². The summed E-state index contributed by atoms with van der Waals surface area (Å²) < 4.78 is 5.20. The summed E-state index contributed by atoms with van der Waals surface area (Å²) in [6.07, 6.45) is 0. The van der Waals surface area contributed by atoms with Crippen molar-refractivity contribution in [2.45, 2.75) is 33.2 Å². The summed E-state index contributed by atoms with van der Waals surface area (Å²) in [7, 11) is 0. The van der Waals surface area contributed by atoms with Crippen molar-refractivity contribution >= 4 is 11.3 Å². The molecule has 86 valence electrons. The molecule has 0 aromatic carbocycles. The van der Waals surface area contributed by atoms with Crippen LogP contribution in [0.5, 0.6) is 0 Å². The molecule has 5 nitrogen and oxygen atoms in total. The highest BCUT2D eigenvalue weighted by atomic mass is 32.1. The summed E-state index contributed by atoms with van der Waals surface area (Å²) >= 11 is 1.54. The van der Waals surface area contributed by atoms with Gasteiger partial charge in [0.1, 0.15) is 4.88 Å². The number of aromatic nitrogens is 3. The van der Waals surface area contributed by atoms with E-state index in [1.54, 1.807) is 11.3 Å². The molecule has 0 spiro atoms. The molecule has 2 heterocycles. The fourth-order valence-corrected chi connectivity index (χ4v) is 2.15. The minimum Gasteiger partial charge on any atom is -0.333 e. The normalized spacial score (nSPS) is 12.1. The Morgan fingerprint density at radius 2 is 1.94 bits per heavy atom. The van der Waals surface area contributed by atoms with Gasteiger partial charge in [0.2, 0.25) is 0 Å². The van der Waals surface area contributed by atoms with Crippen LogP contribution < -0.4 is 5.73 Å². The van der Waals surface area contributed by atoms with Crippen molar-refractivity contribution < 1.29 is 4.52 Å². The van der Waals surface area contributed by atoms with E-state index < -0.39 is 5.54 Å². The van der Waals surface area contributed by atoms with Crippen LogP contribution in [0.4, 0.5) is 0 Å². The molecule has 6 heteroatoms. The molecule has 0 atom stereocenters. The molecule has 2 aromatic rings. The zero-order valence-corrected chi connectivity index (χ0v) is 10.6. The number of rotatable bonds is 2. The van der Waals surface area contributed by atoms with Crippen LogP contribution in [0.2, 0.25) is 0 Å². The van der Waals surface area contributed by atoms with E-state index in [0.717, 1.165) is 15.6 Å². The summed E-state index contributed by atoms with van der Waals surface area (Å²) in [6, 6.07) is 0. The van der Waals surface area contributed by atoms with Crippen LogP contribution in [-0.4, -0.2) is 15.1 Å². The van der Waals surface area contributed by atoms with Crippen LogP contribution in [0.15, 0.2) is 4.52 Å². The van der Waals surface area contributed by atoms with Gasteiger partial charge in [-0.3, -0.25) is 0 Å². The molecule has 0 amide bonds. The van der Waals surface area contributed by atoms with Gasteiger partial charge in [0.05, 0.1) is 16.2 Å². The number of thiazole rings is 1. The lowest BCUT2D eigenvalue weighted by atomic mass is 10.1. The molecule has 0 fully saturated rings. The summed E-state index contributed by atoms with van der Waals surface area (Å²) in [4.78, 5) is 9.53. The average Bonchev–Trinajstić information content (AvgIpc) is 2.70. The zero-order chi connectivity index (χ0) is 11.9. The van der Waals surface area contributed by atoms with Crippen LogP contribution in [0, 0.1) is 13.8 Å². The van der Waals surface area contributed by atoms with Crippen LogP contribution >= 0.6 is 11.3 Å². The Hall–Kier alpha value is -1.27. The molecule has 2 aromatic heterocycles. The first kappa shape index (κ1) is 11.2. The van der Waals surface area contributed by atoms with Crippen LogP contribution in [0.25, 0.3) is 10.8 Å². The van der Waals surface area contributed by atoms with E-state index in [2.05, 4.69) is 15.1 Å². The summed E-state index contributed by atoms with van der Waals surface area (Å²) in [5.74, 6) is 1.00. The second-order valence-electron chi connectivity index (χ2n) is 4.29. The van der Waals surface area contributed by atoms with Gasteiger partial charge >= 0.3 is 0 Å². The van der Waals surface area contributed by atoms with Crippen molar-refractivity contribution in [2.75, 3.05) is 0 Å². The van der Waals surface area contributed by atoms with Gasteiger partial charge < -0.3 is 10.3 Å².